The van der Waals surface area contributed by atoms with Crippen LogP contribution in [0.2, 0.25) is 0 Å². The summed E-state index contributed by atoms with van der Waals surface area (Å²) in [6, 6.07) is 16.4. The molecule has 0 aromatic heterocycles. The van der Waals surface area contributed by atoms with E-state index < -0.39 is 0 Å². The normalized spacial score (nSPS) is 16.2. The minimum atomic E-state index is 0.00653. The van der Waals surface area contributed by atoms with Gasteiger partial charge in [0.1, 0.15) is 11.5 Å². The third kappa shape index (κ3) is 5.21. The van der Waals surface area contributed by atoms with Crippen molar-refractivity contribution >= 4 is 5.96 Å². The minimum Gasteiger partial charge on any atom is -0.497 e. The lowest BCUT2D eigenvalue weighted by Crippen LogP contribution is -2.47. The van der Waals surface area contributed by atoms with E-state index >= 15 is 0 Å². The van der Waals surface area contributed by atoms with Crippen LogP contribution < -0.4 is 20.1 Å². The van der Waals surface area contributed by atoms with Gasteiger partial charge in [0.15, 0.2) is 5.96 Å². The van der Waals surface area contributed by atoms with Crippen molar-refractivity contribution in [2.24, 2.45) is 4.99 Å². The van der Waals surface area contributed by atoms with E-state index in [-0.39, 0.29) is 5.41 Å². The third-order valence-electron chi connectivity index (χ3n) is 5.61. The Labute approximate surface area is 173 Å². The molecule has 0 spiro atoms. The quantitative estimate of drug-likeness (QED) is 0.555. The molecule has 3 rings (SSSR count). The molecule has 6 heteroatoms. The van der Waals surface area contributed by atoms with Crippen LogP contribution in [0.15, 0.2) is 53.5 Å². The molecule has 1 aliphatic rings. The molecular weight excluding hydrogens is 366 g/mol. The number of para-hydroxylation sites is 1. The Hall–Kier alpha value is -2.73. The minimum absolute atomic E-state index is 0.00653. The second kappa shape index (κ2) is 10.2. The van der Waals surface area contributed by atoms with Gasteiger partial charge in [0.25, 0.3) is 0 Å². The van der Waals surface area contributed by atoms with Crippen LogP contribution in [0.5, 0.6) is 11.5 Å². The first-order valence-corrected chi connectivity index (χ1v) is 9.99. The molecule has 0 unspecified atom stereocenters. The van der Waals surface area contributed by atoms with E-state index in [1.54, 1.807) is 21.3 Å². The molecule has 0 radical (unpaired) electrons. The van der Waals surface area contributed by atoms with Crippen LogP contribution in [0.3, 0.4) is 0 Å². The summed E-state index contributed by atoms with van der Waals surface area (Å²) < 4.78 is 16.4. The van der Waals surface area contributed by atoms with Crippen molar-refractivity contribution in [2.75, 3.05) is 41.0 Å². The first-order valence-electron chi connectivity index (χ1n) is 9.99. The zero-order valence-corrected chi connectivity index (χ0v) is 17.5. The molecule has 0 bridgehead atoms. The highest BCUT2D eigenvalue weighted by atomic mass is 16.5. The molecular formula is C23H31N3O3. The maximum absolute atomic E-state index is 5.64. The average molecular weight is 398 g/mol. The van der Waals surface area contributed by atoms with Gasteiger partial charge in [-0.05, 0) is 36.6 Å². The summed E-state index contributed by atoms with van der Waals surface area (Å²) in [5.74, 6) is 2.52. The molecule has 29 heavy (non-hydrogen) atoms. The molecule has 1 fully saturated rings. The van der Waals surface area contributed by atoms with Gasteiger partial charge in [-0.2, -0.15) is 0 Å². The molecule has 0 atom stereocenters. The number of methoxy groups -OCH3 is 2. The maximum Gasteiger partial charge on any atom is 0.191 e. The molecule has 1 saturated heterocycles. The standard InChI is InChI=1S/C23H31N3O3/c1-24-22(25-16-18-6-4-5-7-21(18)28-3)26-17-23(12-14-29-15-13-23)19-8-10-20(27-2)11-9-19/h4-11H,12-17H2,1-3H3,(H2,24,25,26). The van der Waals surface area contributed by atoms with Crippen molar-refractivity contribution in [2.45, 2.75) is 24.8 Å². The highest BCUT2D eigenvalue weighted by Gasteiger charge is 2.34. The number of guanidine groups is 1. The maximum atomic E-state index is 5.64. The smallest absolute Gasteiger partial charge is 0.191 e. The average Bonchev–Trinajstić information content (AvgIpc) is 2.80. The van der Waals surface area contributed by atoms with Gasteiger partial charge < -0.3 is 24.8 Å². The number of rotatable bonds is 7. The number of hydrogen-bond donors (Lipinski definition) is 2. The highest BCUT2D eigenvalue weighted by Crippen LogP contribution is 2.35. The monoisotopic (exact) mass is 397 g/mol. The lowest BCUT2D eigenvalue weighted by Gasteiger charge is -2.38. The van der Waals surface area contributed by atoms with Gasteiger partial charge in [-0.15, -0.1) is 0 Å². The van der Waals surface area contributed by atoms with Gasteiger partial charge in [-0.25, -0.2) is 0 Å². The Kier molecular flexibility index (Phi) is 7.36. The Morgan fingerprint density at radius 2 is 1.72 bits per heavy atom. The van der Waals surface area contributed by atoms with Crippen LogP contribution in [-0.2, 0) is 16.7 Å². The Morgan fingerprint density at radius 1 is 1.00 bits per heavy atom. The van der Waals surface area contributed by atoms with E-state index in [1.165, 1.54) is 5.56 Å². The number of aliphatic imine (C=N–C) groups is 1. The predicted molar refractivity (Wildman–Crippen MR) is 116 cm³/mol. The summed E-state index contributed by atoms with van der Waals surface area (Å²) in [6.07, 6.45) is 1.94. The van der Waals surface area contributed by atoms with Crippen molar-refractivity contribution in [3.05, 3.63) is 59.7 Å². The fourth-order valence-corrected chi connectivity index (χ4v) is 3.78. The second-order valence-electron chi connectivity index (χ2n) is 7.21. The number of benzene rings is 2. The predicted octanol–water partition coefficient (Wildman–Crippen LogP) is 3.12. The number of nitrogens with zero attached hydrogens (tertiary/aromatic N) is 1. The number of hydrogen-bond acceptors (Lipinski definition) is 4. The summed E-state index contributed by atoms with van der Waals surface area (Å²) in [7, 11) is 5.18. The first kappa shape index (κ1) is 21.0. The Morgan fingerprint density at radius 3 is 2.38 bits per heavy atom. The van der Waals surface area contributed by atoms with Crippen LogP contribution in [0.25, 0.3) is 0 Å². The lowest BCUT2D eigenvalue weighted by atomic mass is 9.74. The van der Waals surface area contributed by atoms with Crippen LogP contribution in [-0.4, -0.2) is 47.0 Å². The lowest BCUT2D eigenvalue weighted by molar-refractivity contribution is 0.0513. The van der Waals surface area contributed by atoms with Gasteiger partial charge in [0.05, 0.1) is 14.2 Å². The zero-order chi connectivity index (χ0) is 20.5. The summed E-state index contributed by atoms with van der Waals surface area (Å²) in [5, 5.41) is 6.92. The van der Waals surface area contributed by atoms with E-state index in [0.29, 0.717) is 6.54 Å². The SMILES string of the molecule is CN=C(NCc1ccccc1OC)NCC1(c2ccc(OC)cc2)CCOCC1. The second-order valence-corrected chi connectivity index (χ2v) is 7.21. The first-order chi connectivity index (χ1) is 14.2. The molecule has 0 amide bonds. The molecule has 0 aliphatic carbocycles. The van der Waals surface area contributed by atoms with Crippen LogP contribution in [0, 0.1) is 0 Å². The van der Waals surface area contributed by atoms with Gasteiger partial charge in [0.2, 0.25) is 0 Å². The molecule has 2 N–H and O–H groups in total. The van der Waals surface area contributed by atoms with E-state index in [4.69, 9.17) is 14.2 Å². The van der Waals surface area contributed by atoms with Crippen molar-refractivity contribution in [1.82, 2.24) is 10.6 Å². The van der Waals surface area contributed by atoms with Gasteiger partial charge >= 0.3 is 0 Å². The van der Waals surface area contributed by atoms with Crippen molar-refractivity contribution in [3.8, 4) is 11.5 Å². The van der Waals surface area contributed by atoms with Crippen LogP contribution in [0.4, 0.5) is 0 Å². The van der Waals surface area contributed by atoms with Crippen molar-refractivity contribution < 1.29 is 14.2 Å². The number of nitrogens with one attached hydrogen (secondary N) is 2. The summed E-state index contributed by atoms with van der Waals surface area (Å²) >= 11 is 0. The largest absolute Gasteiger partial charge is 0.497 e. The summed E-state index contributed by atoms with van der Waals surface area (Å²) in [6.45, 7) is 2.96. The molecule has 6 nitrogen and oxygen atoms in total. The van der Waals surface area contributed by atoms with Gasteiger partial charge in [-0.1, -0.05) is 30.3 Å². The van der Waals surface area contributed by atoms with Crippen LogP contribution in [0.1, 0.15) is 24.0 Å². The van der Waals surface area contributed by atoms with E-state index in [9.17, 15) is 0 Å². The fourth-order valence-electron chi connectivity index (χ4n) is 3.78. The van der Waals surface area contributed by atoms with E-state index in [0.717, 1.165) is 55.6 Å². The van der Waals surface area contributed by atoms with Crippen molar-refractivity contribution in [3.63, 3.8) is 0 Å². The third-order valence-corrected chi connectivity index (χ3v) is 5.61. The topological polar surface area (TPSA) is 64.1 Å². The summed E-state index contributed by atoms with van der Waals surface area (Å²) in [4.78, 5) is 4.40. The molecule has 0 saturated carbocycles. The van der Waals surface area contributed by atoms with E-state index in [2.05, 4.69) is 33.8 Å². The Bertz CT molecular complexity index is 799. The Balaban J connectivity index is 1.67. The molecule has 2 aromatic carbocycles. The highest BCUT2D eigenvalue weighted by molar-refractivity contribution is 5.79. The zero-order valence-electron chi connectivity index (χ0n) is 17.5. The van der Waals surface area contributed by atoms with Gasteiger partial charge in [0, 0.05) is 44.3 Å². The molecule has 1 aliphatic heterocycles. The molecule has 1 heterocycles. The van der Waals surface area contributed by atoms with Crippen LogP contribution >= 0.6 is 0 Å². The molecule has 2 aromatic rings. The van der Waals surface area contributed by atoms with Crippen molar-refractivity contribution in [1.29, 1.82) is 0 Å². The van der Waals surface area contributed by atoms with E-state index in [1.807, 2.05) is 30.3 Å². The molecule has 156 valence electrons. The number of ether oxygens (including phenoxy) is 3. The fraction of sp³-hybridized carbons (Fsp3) is 0.435. The summed E-state index contributed by atoms with van der Waals surface area (Å²) in [5.41, 5.74) is 2.40. The van der Waals surface area contributed by atoms with Gasteiger partial charge in [-0.3, -0.25) is 4.99 Å².